The Bertz CT molecular complexity index is 682. The van der Waals surface area contributed by atoms with Gasteiger partial charge in [0, 0.05) is 18.2 Å². The minimum Gasteiger partial charge on any atom is -0.508 e. The number of hydrogen-bond donors (Lipinski definition) is 2. The van der Waals surface area contributed by atoms with Crippen molar-refractivity contribution in [1.82, 2.24) is 0 Å². The van der Waals surface area contributed by atoms with Crippen LogP contribution in [0.25, 0.3) is 0 Å². The molecule has 0 unspecified atom stereocenters. The van der Waals surface area contributed by atoms with Crippen molar-refractivity contribution < 1.29 is 24.2 Å². The van der Waals surface area contributed by atoms with Crippen molar-refractivity contribution >= 4 is 17.6 Å². The summed E-state index contributed by atoms with van der Waals surface area (Å²) in [6.45, 7) is 1.31. The van der Waals surface area contributed by atoms with Crippen molar-refractivity contribution in [2.45, 2.75) is 13.5 Å². The van der Waals surface area contributed by atoms with Gasteiger partial charge in [-0.2, -0.15) is 0 Å². The molecule has 0 atom stereocenters. The Morgan fingerprint density at radius 3 is 2.48 bits per heavy atom. The Hall–Kier alpha value is -3.02. The van der Waals surface area contributed by atoms with Crippen molar-refractivity contribution in [2.24, 2.45) is 0 Å². The number of benzene rings is 2. The van der Waals surface area contributed by atoms with Crippen molar-refractivity contribution in [1.29, 1.82) is 0 Å². The molecule has 6 nitrogen and oxygen atoms in total. The zero-order valence-electron chi connectivity index (χ0n) is 12.6. The highest BCUT2D eigenvalue weighted by atomic mass is 16.5. The number of hydrogen-bond acceptors (Lipinski definition) is 6. The van der Waals surface area contributed by atoms with Gasteiger partial charge in [0.05, 0.1) is 0 Å². The van der Waals surface area contributed by atoms with E-state index in [0.717, 1.165) is 0 Å². The van der Waals surface area contributed by atoms with Crippen LogP contribution in [0.5, 0.6) is 11.5 Å². The van der Waals surface area contributed by atoms with Gasteiger partial charge in [0.15, 0.2) is 0 Å². The largest absolute Gasteiger partial charge is 0.508 e. The summed E-state index contributed by atoms with van der Waals surface area (Å²) < 4.78 is 10.2. The minimum absolute atomic E-state index is 0.0134. The number of carbonyl (C=O) groups excluding carboxylic acids is 2. The molecule has 2 N–H and O–H groups in total. The average molecular weight is 315 g/mol. The second-order valence-electron chi connectivity index (χ2n) is 4.76. The molecule has 0 aromatic heterocycles. The van der Waals surface area contributed by atoms with Gasteiger partial charge < -0.3 is 19.9 Å². The molecule has 120 valence electrons. The second kappa shape index (κ2) is 7.84. The molecule has 0 saturated heterocycles. The van der Waals surface area contributed by atoms with Crippen molar-refractivity contribution in [3.63, 3.8) is 0 Å². The van der Waals surface area contributed by atoms with Gasteiger partial charge in [-0.15, -0.1) is 0 Å². The van der Waals surface area contributed by atoms with Crippen LogP contribution in [0.3, 0.4) is 0 Å². The summed E-state index contributed by atoms with van der Waals surface area (Å²) in [5.41, 5.74) is 1.31. The van der Waals surface area contributed by atoms with Gasteiger partial charge in [0.1, 0.15) is 24.7 Å². The number of anilines is 1. The van der Waals surface area contributed by atoms with Crippen molar-refractivity contribution in [3.05, 3.63) is 54.1 Å². The van der Waals surface area contributed by atoms with Crippen LogP contribution in [0.2, 0.25) is 0 Å². The zero-order valence-corrected chi connectivity index (χ0v) is 12.6. The van der Waals surface area contributed by atoms with E-state index < -0.39 is 11.9 Å². The SMILES string of the molecule is CC(=O)Oc1ccccc1COC(=O)CNc1ccc(O)cc1. The molecule has 0 spiro atoms. The summed E-state index contributed by atoms with van der Waals surface area (Å²) in [5, 5.41) is 12.1. The van der Waals surface area contributed by atoms with Gasteiger partial charge in [-0.25, -0.2) is 0 Å². The fourth-order valence-electron chi connectivity index (χ4n) is 1.84. The molecule has 6 heteroatoms. The van der Waals surface area contributed by atoms with E-state index in [-0.39, 0.29) is 18.9 Å². The number of nitrogens with one attached hydrogen (secondary N) is 1. The molecule has 0 fully saturated rings. The lowest BCUT2D eigenvalue weighted by atomic mass is 10.2. The topological polar surface area (TPSA) is 84.9 Å². The number of phenols is 1. The smallest absolute Gasteiger partial charge is 0.325 e. The van der Waals surface area contributed by atoms with Gasteiger partial charge in [-0.05, 0) is 30.3 Å². The highest BCUT2D eigenvalue weighted by molar-refractivity contribution is 5.75. The molecule has 0 bridgehead atoms. The van der Waals surface area contributed by atoms with Crippen LogP contribution in [0.15, 0.2) is 48.5 Å². The highest BCUT2D eigenvalue weighted by Crippen LogP contribution is 2.19. The lowest BCUT2D eigenvalue weighted by Crippen LogP contribution is -2.17. The number of ether oxygens (including phenoxy) is 2. The van der Waals surface area contributed by atoms with Crippen molar-refractivity contribution in [2.75, 3.05) is 11.9 Å². The molecule has 23 heavy (non-hydrogen) atoms. The van der Waals surface area contributed by atoms with Gasteiger partial charge >= 0.3 is 11.9 Å². The molecule has 0 aliphatic heterocycles. The number of aromatic hydroxyl groups is 1. The Balaban J connectivity index is 1.84. The fraction of sp³-hybridized carbons (Fsp3) is 0.176. The van der Waals surface area contributed by atoms with E-state index in [2.05, 4.69) is 5.32 Å². The zero-order chi connectivity index (χ0) is 16.7. The van der Waals surface area contributed by atoms with E-state index in [4.69, 9.17) is 9.47 Å². The average Bonchev–Trinajstić information content (AvgIpc) is 2.53. The third kappa shape index (κ3) is 5.35. The normalized spacial score (nSPS) is 9.96. The number of esters is 2. The van der Waals surface area contributed by atoms with E-state index in [1.807, 2.05) is 0 Å². The van der Waals surface area contributed by atoms with Crippen molar-refractivity contribution in [3.8, 4) is 11.5 Å². The molecule has 0 aliphatic carbocycles. The lowest BCUT2D eigenvalue weighted by Gasteiger charge is -2.10. The first-order valence-electron chi connectivity index (χ1n) is 6.99. The Morgan fingerprint density at radius 1 is 1.09 bits per heavy atom. The van der Waals surface area contributed by atoms with E-state index in [0.29, 0.717) is 17.0 Å². The summed E-state index contributed by atoms with van der Waals surface area (Å²) in [5.74, 6) is -0.354. The molecule has 0 radical (unpaired) electrons. The van der Waals surface area contributed by atoms with Crippen LogP contribution in [0.4, 0.5) is 5.69 Å². The van der Waals surface area contributed by atoms with E-state index >= 15 is 0 Å². The monoisotopic (exact) mass is 315 g/mol. The quantitative estimate of drug-likeness (QED) is 0.484. The highest BCUT2D eigenvalue weighted by Gasteiger charge is 2.09. The number of rotatable bonds is 6. The van der Waals surface area contributed by atoms with Gasteiger partial charge in [0.25, 0.3) is 0 Å². The van der Waals surface area contributed by atoms with Crippen LogP contribution >= 0.6 is 0 Å². The number of carbonyl (C=O) groups is 2. The Morgan fingerprint density at radius 2 is 1.78 bits per heavy atom. The molecule has 2 rings (SSSR count). The van der Waals surface area contributed by atoms with Crippen LogP contribution < -0.4 is 10.1 Å². The standard InChI is InChI=1S/C17H17NO5/c1-12(19)23-16-5-3-2-4-13(16)11-22-17(21)10-18-14-6-8-15(20)9-7-14/h2-9,18,20H,10-11H2,1H3. The number of para-hydroxylation sites is 1. The molecule has 0 aliphatic rings. The first kappa shape index (κ1) is 16.4. The molecule has 0 saturated carbocycles. The maximum atomic E-state index is 11.7. The van der Waals surface area contributed by atoms with Crippen LogP contribution in [-0.2, 0) is 20.9 Å². The molecule has 0 amide bonds. The van der Waals surface area contributed by atoms with E-state index in [9.17, 15) is 14.7 Å². The summed E-state index contributed by atoms with van der Waals surface area (Å²) in [6, 6.07) is 13.2. The van der Waals surface area contributed by atoms with Gasteiger partial charge in [-0.3, -0.25) is 9.59 Å². The second-order valence-corrected chi connectivity index (χ2v) is 4.76. The molecule has 2 aromatic carbocycles. The Kier molecular flexibility index (Phi) is 5.57. The molecule has 2 aromatic rings. The fourth-order valence-corrected chi connectivity index (χ4v) is 1.84. The first-order valence-corrected chi connectivity index (χ1v) is 6.99. The molecular formula is C17H17NO5. The maximum absolute atomic E-state index is 11.7. The lowest BCUT2D eigenvalue weighted by molar-refractivity contribution is -0.142. The van der Waals surface area contributed by atoms with Gasteiger partial charge in [0.2, 0.25) is 0 Å². The predicted molar refractivity (Wildman–Crippen MR) is 84.1 cm³/mol. The summed E-state index contributed by atoms with van der Waals surface area (Å²) >= 11 is 0. The van der Waals surface area contributed by atoms with Crippen LogP contribution in [0, 0.1) is 0 Å². The van der Waals surface area contributed by atoms with Crippen LogP contribution in [-0.4, -0.2) is 23.6 Å². The van der Waals surface area contributed by atoms with Gasteiger partial charge in [-0.1, -0.05) is 18.2 Å². The van der Waals surface area contributed by atoms with Crippen LogP contribution in [0.1, 0.15) is 12.5 Å². The summed E-state index contributed by atoms with van der Waals surface area (Å²) in [6.07, 6.45) is 0. The molecule has 0 heterocycles. The first-order chi connectivity index (χ1) is 11.0. The maximum Gasteiger partial charge on any atom is 0.325 e. The molecular weight excluding hydrogens is 298 g/mol. The van der Waals surface area contributed by atoms with E-state index in [1.165, 1.54) is 19.1 Å². The summed E-state index contributed by atoms with van der Waals surface area (Å²) in [7, 11) is 0. The minimum atomic E-state index is -0.448. The Labute approximate surface area is 133 Å². The third-order valence-corrected chi connectivity index (χ3v) is 2.92. The predicted octanol–water partition coefficient (Wildman–Crippen LogP) is 2.47. The number of phenolic OH excluding ortho intramolecular Hbond substituents is 1. The van der Waals surface area contributed by atoms with E-state index in [1.54, 1.807) is 36.4 Å². The third-order valence-electron chi connectivity index (χ3n) is 2.92. The summed E-state index contributed by atoms with van der Waals surface area (Å²) in [4.78, 5) is 22.8.